The van der Waals surface area contributed by atoms with Crippen LogP contribution in [-0.2, 0) is 19.6 Å². The predicted octanol–water partition coefficient (Wildman–Crippen LogP) is 5.15. The highest BCUT2D eigenvalue weighted by Crippen LogP contribution is 2.30. The zero-order chi connectivity index (χ0) is 31.9. The fourth-order valence-electron chi connectivity index (χ4n) is 5.68. The number of imidazole rings is 1. The number of hydrogen-bond acceptors (Lipinski definition) is 6. The number of nitrogens with zero attached hydrogens (tertiary/aromatic N) is 6. The van der Waals surface area contributed by atoms with Crippen LogP contribution >= 0.6 is 27.5 Å². The Kier molecular flexibility index (Phi) is 7.99. The highest BCUT2D eigenvalue weighted by molar-refractivity contribution is 9.10. The largest absolute Gasteiger partial charge is 0.490 e. The third-order valence-electron chi connectivity index (χ3n) is 8.21. The summed E-state index contributed by atoms with van der Waals surface area (Å²) in [4.78, 5) is 47.6. The van der Waals surface area contributed by atoms with Gasteiger partial charge in [-0.2, -0.15) is 5.10 Å². The molecular weight excluding hydrogens is 674 g/mol. The first kappa shape index (κ1) is 30.0. The molecule has 1 atom stereocenters. The second kappa shape index (κ2) is 12.3. The Hall–Kier alpha value is -4.68. The first-order chi connectivity index (χ1) is 22.3. The van der Waals surface area contributed by atoms with Crippen molar-refractivity contribution >= 4 is 39.3 Å². The number of hydrogen-bond donors (Lipinski definition) is 1. The Morgan fingerprint density at radius 2 is 1.87 bits per heavy atom. The van der Waals surface area contributed by atoms with Gasteiger partial charge >= 0.3 is 5.69 Å². The number of ether oxygens (including phenoxy) is 1. The van der Waals surface area contributed by atoms with Crippen molar-refractivity contribution in [2.45, 2.75) is 51.5 Å². The number of nitrogens with one attached hydrogen (secondary N) is 1. The molecule has 0 saturated heterocycles. The molecule has 0 spiro atoms. The molecule has 2 aromatic heterocycles. The quantitative estimate of drug-likeness (QED) is 0.239. The van der Waals surface area contributed by atoms with E-state index in [0.29, 0.717) is 32.2 Å². The van der Waals surface area contributed by atoms with Gasteiger partial charge in [0.25, 0.3) is 11.8 Å². The summed E-state index contributed by atoms with van der Waals surface area (Å²) in [5, 5.41) is 7.66. The monoisotopic (exact) mass is 701 g/mol. The van der Waals surface area contributed by atoms with Crippen LogP contribution in [-0.4, -0.2) is 52.8 Å². The lowest BCUT2D eigenvalue weighted by Crippen LogP contribution is -2.47. The second-order valence-electron chi connectivity index (χ2n) is 11.4. The van der Waals surface area contributed by atoms with Crippen molar-refractivity contribution in [2.24, 2.45) is 0 Å². The van der Waals surface area contributed by atoms with E-state index in [1.807, 2.05) is 43.3 Å². The van der Waals surface area contributed by atoms with Crippen molar-refractivity contribution in [2.75, 3.05) is 0 Å². The van der Waals surface area contributed by atoms with Crippen LogP contribution in [0.5, 0.6) is 5.75 Å². The summed E-state index contributed by atoms with van der Waals surface area (Å²) >= 11 is 9.68. The van der Waals surface area contributed by atoms with Crippen molar-refractivity contribution in [3.63, 3.8) is 0 Å². The lowest BCUT2D eigenvalue weighted by atomic mass is 10.1. The van der Waals surface area contributed by atoms with E-state index in [1.165, 1.54) is 10.9 Å². The van der Waals surface area contributed by atoms with Crippen LogP contribution in [0.2, 0.25) is 5.02 Å². The molecule has 2 amide bonds. The molecule has 1 fully saturated rings. The smallest absolute Gasteiger partial charge is 0.333 e. The van der Waals surface area contributed by atoms with E-state index >= 15 is 0 Å². The maximum atomic E-state index is 14.2. The normalized spacial score (nSPS) is 15.8. The molecule has 1 N–H and O–H groups in total. The molecule has 1 aliphatic carbocycles. The van der Waals surface area contributed by atoms with Crippen LogP contribution in [0.4, 0.5) is 0 Å². The van der Waals surface area contributed by atoms with Crippen LogP contribution in [0, 0.1) is 0 Å². The average molecular weight is 703 g/mol. The number of fused-ring (bicyclic) bond motifs is 1. The number of aromatic nitrogens is 5. The number of carbonyl (C=O) groups is 2. The van der Waals surface area contributed by atoms with E-state index in [4.69, 9.17) is 16.3 Å². The van der Waals surface area contributed by atoms with Gasteiger partial charge in [0.1, 0.15) is 24.1 Å². The molecule has 0 unspecified atom stereocenters. The topological polar surface area (TPSA) is 116 Å². The van der Waals surface area contributed by atoms with Crippen LogP contribution in [0.1, 0.15) is 51.9 Å². The predicted molar refractivity (Wildman–Crippen MR) is 175 cm³/mol. The number of halogens is 2. The fourth-order valence-corrected chi connectivity index (χ4v) is 6.11. The van der Waals surface area contributed by atoms with E-state index in [-0.39, 0.29) is 49.1 Å². The number of benzene rings is 3. The van der Waals surface area contributed by atoms with Crippen molar-refractivity contribution in [3.05, 3.63) is 122 Å². The van der Waals surface area contributed by atoms with Gasteiger partial charge in [0.2, 0.25) is 0 Å². The van der Waals surface area contributed by atoms with Crippen molar-refractivity contribution in [3.8, 4) is 17.1 Å². The summed E-state index contributed by atoms with van der Waals surface area (Å²) in [6, 6.07) is 19.4. The van der Waals surface area contributed by atoms with Gasteiger partial charge < -0.3 is 15.0 Å². The maximum Gasteiger partial charge on any atom is 0.333 e. The molecule has 0 bridgehead atoms. The van der Waals surface area contributed by atoms with Gasteiger partial charge in [-0.15, -0.1) is 0 Å². The zero-order valence-corrected chi connectivity index (χ0v) is 27.1. The molecular formula is C33H29BrClN7O4. The van der Waals surface area contributed by atoms with Gasteiger partial charge in [-0.1, -0.05) is 29.8 Å². The first-order valence-corrected chi connectivity index (χ1v) is 16.0. The van der Waals surface area contributed by atoms with Gasteiger partial charge in [0.15, 0.2) is 0 Å². The molecule has 3 heterocycles. The Morgan fingerprint density at radius 1 is 1.09 bits per heavy atom. The summed E-state index contributed by atoms with van der Waals surface area (Å²) < 4.78 is 11.2. The van der Waals surface area contributed by atoms with Crippen LogP contribution in [0.3, 0.4) is 0 Å². The number of para-hydroxylation sites is 1. The molecule has 234 valence electrons. The Bertz CT molecular complexity index is 2000. The van der Waals surface area contributed by atoms with Gasteiger partial charge in [-0.05, 0) is 89.8 Å². The van der Waals surface area contributed by atoms with Crippen LogP contribution < -0.4 is 15.7 Å². The molecule has 7 rings (SSSR count). The molecule has 1 aliphatic heterocycles. The summed E-state index contributed by atoms with van der Waals surface area (Å²) in [5.74, 6) is 0.00627. The summed E-state index contributed by atoms with van der Waals surface area (Å²) in [5.41, 5.74) is 2.76. The van der Waals surface area contributed by atoms with E-state index in [2.05, 4.69) is 31.3 Å². The first-order valence-electron chi connectivity index (χ1n) is 14.9. The van der Waals surface area contributed by atoms with E-state index < -0.39 is 5.91 Å². The SMILES string of the molecule is C[C@H]1Cn2c(c(C(=O)NCc3ccccc3-n3cncn3)n(-c3ccc(OC4CC4)cc3)c2=O)CN1C(=O)c1ccc(Br)c(Cl)c1. The van der Waals surface area contributed by atoms with E-state index in [1.54, 1.807) is 50.8 Å². The van der Waals surface area contributed by atoms with E-state index in [0.717, 1.165) is 24.1 Å². The lowest BCUT2D eigenvalue weighted by molar-refractivity contribution is 0.0610. The minimum absolute atomic E-state index is 0.0527. The Labute approximate surface area is 277 Å². The van der Waals surface area contributed by atoms with Crippen molar-refractivity contribution in [1.82, 2.24) is 34.1 Å². The Balaban J connectivity index is 1.26. The Morgan fingerprint density at radius 3 is 2.59 bits per heavy atom. The number of carbonyl (C=O) groups excluding carboxylic acids is 2. The number of rotatable bonds is 8. The molecule has 3 aromatic carbocycles. The van der Waals surface area contributed by atoms with Gasteiger partial charge in [0.05, 0.1) is 34.7 Å². The molecule has 0 radical (unpaired) electrons. The van der Waals surface area contributed by atoms with Crippen molar-refractivity contribution < 1.29 is 14.3 Å². The maximum absolute atomic E-state index is 14.2. The summed E-state index contributed by atoms with van der Waals surface area (Å²) in [7, 11) is 0. The molecule has 46 heavy (non-hydrogen) atoms. The minimum Gasteiger partial charge on any atom is -0.490 e. The van der Waals surface area contributed by atoms with Gasteiger partial charge in [-0.3, -0.25) is 18.7 Å². The minimum atomic E-state index is -0.453. The fraction of sp³-hybridized carbons (Fsp3) is 0.242. The van der Waals surface area contributed by atoms with Gasteiger partial charge in [0, 0.05) is 29.2 Å². The summed E-state index contributed by atoms with van der Waals surface area (Å²) in [6.07, 6.45) is 5.31. The lowest BCUT2D eigenvalue weighted by Gasteiger charge is -2.34. The molecule has 1 saturated carbocycles. The van der Waals surface area contributed by atoms with Crippen molar-refractivity contribution in [1.29, 1.82) is 0 Å². The van der Waals surface area contributed by atoms with Gasteiger partial charge in [-0.25, -0.2) is 14.5 Å². The average Bonchev–Trinajstić information content (AvgIpc) is 3.61. The second-order valence-corrected chi connectivity index (χ2v) is 12.7. The third-order valence-corrected chi connectivity index (χ3v) is 9.44. The van der Waals surface area contributed by atoms with Crippen LogP contribution in [0.15, 0.2) is 88.7 Å². The molecule has 11 nitrogen and oxygen atoms in total. The summed E-state index contributed by atoms with van der Waals surface area (Å²) in [6.45, 7) is 2.32. The highest BCUT2D eigenvalue weighted by Gasteiger charge is 2.35. The molecule has 2 aliphatic rings. The highest BCUT2D eigenvalue weighted by atomic mass is 79.9. The van der Waals surface area contributed by atoms with E-state index in [9.17, 15) is 14.4 Å². The zero-order valence-electron chi connectivity index (χ0n) is 24.8. The van der Waals surface area contributed by atoms with Crippen LogP contribution in [0.25, 0.3) is 11.4 Å². The standard InChI is InChI=1S/C33H29BrClN7O4/c1-20-16-40-29(17-39(20)32(44)21-6-13-26(34)27(35)14-21)30(42(33(40)45)23-7-9-24(10-8-23)46-25-11-12-25)31(43)37-15-22-4-2-3-5-28(22)41-19-36-18-38-41/h2-10,13-14,18-20,25H,11-12,15-17H2,1H3,(H,37,43)/t20-/m0/s1. The molecule has 13 heteroatoms. The third kappa shape index (κ3) is 5.74. The molecule has 5 aromatic rings. The number of amides is 2.